The fourth-order valence-corrected chi connectivity index (χ4v) is 2.56. The van der Waals surface area contributed by atoms with Crippen molar-refractivity contribution in [2.75, 3.05) is 6.54 Å². The van der Waals surface area contributed by atoms with Gasteiger partial charge in [-0.2, -0.15) is 0 Å². The summed E-state index contributed by atoms with van der Waals surface area (Å²) in [4.78, 5) is 12.3. The van der Waals surface area contributed by atoms with Gasteiger partial charge in [0.05, 0.1) is 0 Å². The molecule has 0 aliphatic heterocycles. The first kappa shape index (κ1) is 13.4. The van der Waals surface area contributed by atoms with E-state index < -0.39 is 0 Å². The molecule has 3 nitrogen and oxygen atoms in total. The van der Waals surface area contributed by atoms with Crippen LogP contribution in [0.25, 0.3) is 10.9 Å². The number of hydrogen-bond donors (Lipinski definition) is 1. The van der Waals surface area contributed by atoms with Gasteiger partial charge in [0, 0.05) is 24.5 Å². The van der Waals surface area contributed by atoms with Gasteiger partial charge in [-0.3, -0.25) is 4.79 Å². The van der Waals surface area contributed by atoms with Crippen LogP contribution >= 0.6 is 0 Å². The van der Waals surface area contributed by atoms with Crippen molar-refractivity contribution in [1.29, 1.82) is 0 Å². The molecule has 1 amide bonds. The molecule has 0 radical (unpaired) electrons. The number of fused-ring (bicyclic) bond motifs is 1. The second-order valence-corrected chi connectivity index (χ2v) is 5.14. The number of rotatable bonds is 4. The molecule has 0 unspecified atom stereocenters. The van der Waals surface area contributed by atoms with Crippen LogP contribution in [0.4, 0.5) is 0 Å². The molecule has 106 valence electrons. The molecular formula is C18H18N2O. The number of carbonyl (C=O) groups excluding carboxylic acids is 1. The molecule has 3 aromatic rings. The number of nitrogens with zero attached hydrogens (tertiary/aromatic N) is 1. The highest BCUT2D eigenvalue weighted by molar-refractivity contribution is 5.98. The molecule has 2 aromatic carbocycles. The van der Waals surface area contributed by atoms with Crippen LogP contribution in [-0.4, -0.2) is 17.0 Å². The maximum absolute atomic E-state index is 12.3. The van der Waals surface area contributed by atoms with E-state index >= 15 is 0 Å². The topological polar surface area (TPSA) is 34.0 Å². The van der Waals surface area contributed by atoms with Crippen molar-refractivity contribution in [3.05, 3.63) is 71.9 Å². The summed E-state index contributed by atoms with van der Waals surface area (Å²) in [6.07, 6.45) is 0.844. The Hall–Kier alpha value is -2.55. The molecule has 0 aliphatic rings. The molecular weight excluding hydrogens is 260 g/mol. The van der Waals surface area contributed by atoms with E-state index in [0.717, 1.165) is 17.3 Å². The van der Waals surface area contributed by atoms with E-state index in [1.165, 1.54) is 5.56 Å². The second kappa shape index (κ2) is 5.83. The molecule has 0 saturated heterocycles. The number of carbonyl (C=O) groups is 1. The van der Waals surface area contributed by atoms with Gasteiger partial charge in [0.15, 0.2) is 0 Å². The molecule has 21 heavy (non-hydrogen) atoms. The predicted octanol–water partition coefficient (Wildman–Crippen LogP) is 3.15. The van der Waals surface area contributed by atoms with Crippen LogP contribution in [0.15, 0.2) is 60.7 Å². The number of nitrogens with one attached hydrogen (secondary N) is 1. The van der Waals surface area contributed by atoms with Crippen molar-refractivity contribution in [1.82, 2.24) is 9.88 Å². The van der Waals surface area contributed by atoms with Crippen molar-refractivity contribution in [3.8, 4) is 0 Å². The van der Waals surface area contributed by atoms with Gasteiger partial charge >= 0.3 is 0 Å². The Balaban J connectivity index is 1.68. The summed E-state index contributed by atoms with van der Waals surface area (Å²) < 4.78 is 1.94. The zero-order valence-corrected chi connectivity index (χ0v) is 12.0. The molecule has 0 fully saturated rings. The van der Waals surface area contributed by atoms with Gasteiger partial charge in [-0.05, 0) is 24.1 Å². The van der Waals surface area contributed by atoms with Gasteiger partial charge in [0.1, 0.15) is 5.69 Å². The molecule has 0 atom stereocenters. The molecule has 1 N–H and O–H groups in total. The lowest BCUT2D eigenvalue weighted by atomic mass is 10.1. The van der Waals surface area contributed by atoms with Crippen LogP contribution in [0, 0.1) is 0 Å². The van der Waals surface area contributed by atoms with Gasteiger partial charge in [-0.25, -0.2) is 0 Å². The third-order valence-electron chi connectivity index (χ3n) is 3.73. The van der Waals surface area contributed by atoms with Crippen LogP contribution in [0.1, 0.15) is 16.1 Å². The quantitative estimate of drug-likeness (QED) is 0.781. The summed E-state index contributed by atoms with van der Waals surface area (Å²) in [6.45, 7) is 0.643. The van der Waals surface area contributed by atoms with Crippen molar-refractivity contribution >= 4 is 16.8 Å². The zero-order chi connectivity index (χ0) is 14.7. The lowest BCUT2D eigenvalue weighted by molar-refractivity contribution is 0.0946. The normalized spacial score (nSPS) is 10.7. The van der Waals surface area contributed by atoms with Gasteiger partial charge in [-0.15, -0.1) is 0 Å². The highest BCUT2D eigenvalue weighted by atomic mass is 16.1. The van der Waals surface area contributed by atoms with E-state index in [-0.39, 0.29) is 5.91 Å². The van der Waals surface area contributed by atoms with E-state index in [1.807, 2.05) is 60.1 Å². The fraction of sp³-hybridized carbons (Fsp3) is 0.167. The highest BCUT2D eigenvalue weighted by Gasteiger charge is 2.12. The van der Waals surface area contributed by atoms with Crippen LogP contribution in [-0.2, 0) is 13.5 Å². The first-order valence-corrected chi connectivity index (χ1v) is 7.12. The molecule has 1 heterocycles. The van der Waals surface area contributed by atoms with E-state index in [2.05, 4.69) is 17.4 Å². The Morgan fingerprint density at radius 3 is 2.52 bits per heavy atom. The molecule has 0 bridgehead atoms. The minimum atomic E-state index is -0.0235. The van der Waals surface area contributed by atoms with E-state index in [1.54, 1.807) is 0 Å². The van der Waals surface area contributed by atoms with Gasteiger partial charge in [0.2, 0.25) is 0 Å². The lowest BCUT2D eigenvalue weighted by Gasteiger charge is -2.06. The van der Waals surface area contributed by atoms with Crippen molar-refractivity contribution in [2.24, 2.45) is 7.05 Å². The molecule has 0 saturated carbocycles. The fourth-order valence-electron chi connectivity index (χ4n) is 2.56. The molecule has 1 aromatic heterocycles. The third kappa shape index (κ3) is 2.82. The summed E-state index contributed by atoms with van der Waals surface area (Å²) in [5, 5.41) is 4.08. The summed E-state index contributed by atoms with van der Waals surface area (Å²) in [5.74, 6) is -0.0235. The first-order chi connectivity index (χ1) is 10.3. The van der Waals surface area contributed by atoms with Gasteiger partial charge < -0.3 is 9.88 Å². The maximum Gasteiger partial charge on any atom is 0.267 e. The summed E-state index contributed by atoms with van der Waals surface area (Å²) in [7, 11) is 1.93. The number of aromatic nitrogens is 1. The van der Waals surface area contributed by atoms with Crippen molar-refractivity contribution < 1.29 is 4.79 Å². The van der Waals surface area contributed by atoms with E-state index in [0.29, 0.717) is 12.2 Å². The Labute approximate surface area is 124 Å². The molecule has 3 heteroatoms. The zero-order valence-electron chi connectivity index (χ0n) is 12.0. The Morgan fingerprint density at radius 1 is 1.05 bits per heavy atom. The summed E-state index contributed by atoms with van der Waals surface area (Å²) >= 11 is 0. The Bertz CT molecular complexity index is 759. The highest BCUT2D eigenvalue weighted by Crippen LogP contribution is 2.18. The van der Waals surface area contributed by atoms with Crippen LogP contribution in [0.3, 0.4) is 0 Å². The number of para-hydroxylation sites is 1. The van der Waals surface area contributed by atoms with Crippen LogP contribution in [0.5, 0.6) is 0 Å². The molecule has 0 aliphatic carbocycles. The SMILES string of the molecule is Cn1c(C(=O)NCCc2ccccc2)cc2ccccc21. The summed E-state index contributed by atoms with van der Waals surface area (Å²) in [5.41, 5.74) is 3.00. The predicted molar refractivity (Wildman–Crippen MR) is 85.4 cm³/mol. The Kier molecular flexibility index (Phi) is 3.73. The summed E-state index contributed by atoms with van der Waals surface area (Å²) in [6, 6.07) is 20.1. The average Bonchev–Trinajstić information content (AvgIpc) is 2.86. The lowest BCUT2D eigenvalue weighted by Crippen LogP contribution is -2.27. The van der Waals surface area contributed by atoms with Gasteiger partial charge in [-0.1, -0.05) is 48.5 Å². The van der Waals surface area contributed by atoms with E-state index in [4.69, 9.17) is 0 Å². The first-order valence-electron chi connectivity index (χ1n) is 7.12. The van der Waals surface area contributed by atoms with Crippen LogP contribution < -0.4 is 5.32 Å². The number of benzene rings is 2. The third-order valence-corrected chi connectivity index (χ3v) is 3.73. The monoisotopic (exact) mass is 278 g/mol. The second-order valence-electron chi connectivity index (χ2n) is 5.14. The van der Waals surface area contributed by atoms with Crippen molar-refractivity contribution in [2.45, 2.75) is 6.42 Å². The Morgan fingerprint density at radius 2 is 1.76 bits per heavy atom. The molecule has 0 spiro atoms. The van der Waals surface area contributed by atoms with E-state index in [9.17, 15) is 4.79 Å². The van der Waals surface area contributed by atoms with Crippen LogP contribution in [0.2, 0.25) is 0 Å². The maximum atomic E-state index is 12.3. The number of aryl methyl sites for hydroxylation is 1. The number of amides is 1. The largest absolute Gasteiger partial charge is 0.350 e. The molecule has 3 rings (SSSR count). The average molecular weight is 278 g/mol. The minimum Gasteiger partial charge on any atom is -0.350 e. The van der Waals surface area contributed by atoms with Crippen molar-refractivity contribution in [3.63, 3.8) is 0 Å². The minimum absolute atomic E-state index is 0.0235. The number of hydrogen-bond acceptors (Lipinski definition) is 1. The smallest absolute Gasteiger partial charge is 0.267 e. The van der Waals surface area contributed by atoms with Gasteiger partial charge in [0.25, 0.3) is 5.91 Å². The standard InChI is InChI=1S/C18H18N2O/c1-20-16-10-6-5-9-15(16)13-17(20)18(21)19-12-11-14-7-3-2-4-8-14/h2-10,13H,11-12H2,1H3,(H,19,21).